The summed E-state index contributed by atoms with van der Waals surface area (Å²) in [5, 5.41) is 0. The van der Waals surface area contributed by atoms with Crippen molar-refractivity contribution in [2.75, 3.05) is 41.1 Å². The van der Waals surface area contributed by atoms with Gasteiger partial charge in [0.25, 0.3) is 0 Å². The molecule has 18 heavy (non-hydrogen) atoms. The van der Waals surface area contributed by atoms with Gasteiger partial charge in [0.1, 0.15) is 5.75 Å². The van der Waals surface area contributed by atoms with Crippen LogP contribution in [0.4, 0.5) is 0 Å². The number of nitrogens with two attached hydrogens (primary N) is 1. The van der Waals surface area contributed by atoms with Crippen LogP contribution in [0.2, 0.25) is 0 Å². The maximum absolute atomic E-state index is 5.88. The smallest absolute Gasteiger partial charge is 0.164 e. The number of hydrogen-bond donors (Lipinski definition) is 1. The molecule has 5 heteroatoms. The summed E-state index contributed by atoms with van der Waals surface area (Å²) in [6.45, 7) is 1.73. The molecule has 1 aliphatic rings. The highest BCUT2D eigenvalue weighted by Gasteiger charge is 2.42. The second-order valence-corrected chi connectivity index (χ2v) is 4.38. The second-order valence-electron chi connectivity index (χ2n) is 4.38. The average Bonchev–Trinajstić information content (AvgIpc) is 2.37. The summed E-state index contributed by atoms with van der Waals surface area (Å²) in [5.41, 5.74) is 6.71. The summed E-state index contributed by atoms with van der Waals surface area (Å²) in [4.78, 5) is 0. The van der Waals surface area contributed by atoms with Crippen LogP contribution in [0, 0.1) is 0 Å². The van der Waals surface area contributed by atoms with Crippen LogP contribution in [0.5, 0.6) is 17.2 Å². The summed E-state index contributed by atoms with van der Waals surface area (Å²) in [6, 6.07) is 3.75. The lowest BCUT2D eigenvalue weighted by atomic mass is 9.78. The molecule has 0 bridgehead atoms. The third-order valence-corrected chi connectivity index (χ3v) is 3.42. The van der Waals surface area contributed by atoms with Gasteiger partial charge in [-0.25, -0.2) is 0 Å². The largest absolute Gasteiger partial charge is 0.496 e. The predicted octanol–water partition coefficient (Wildman–Crippen LogP) is 0.939. The molecule has 1 saturated heterocycles. The van der Waals surface area contributed by atoms with Gasteiger partial charge in [-0.15, -0.1) is 0 Å². The van der Waals surface area contributed by atoms with Gasteiger partial charge in [0.2, 0.25) is 0 Å². The summed E-state index contributed by atoms with van der Waals surface area (Å²) < 4.78 is 21.3. The van der Waals surface area contributed by atoms with E-state index in [0.29, 0.717) is 31.3 Å². The van der Waals surface area contributed by atoms with Crippen molar-refractivity contribution >= 4 is 0 Å². The Morgan fingerprint density at radius 3 is 2.00 bits per heavy atom. The van der Waals surface area contributed by atoms with E-state index in [1.54, 1.807) is 21.3 Å². The van der Waals surface area contributed by atoms with Crippen LogP contribution in [0.25, 0.3) is 0 Å². The molecule has 1 heterocycles. The summed E-state index contributed by atoms with van der Waals surface area (Å²) >= 11 is 0. The van der Waals surface area contributed by atoms with Gasteiger partial charge in [-0.3, -0.25) is 0 Å². The van der Waals surface area contributed by atoms with Crippen molar-refractivity contribution < 1.29 is 18.9 Å². The van der Waals surface area contributed by atoms with Crippen LogP contribution in [-0.2, 0) is 10.2 Å². The molecular weight excluding hydrogens is 234 g/mol. The fourth-order valence-corrected chi connectivity index (χ4v) is 2.18. The fraction of sp³-hybridized carbons (Fsp3) is 0.538. The van der Waals surface area contributed by atoms with Gasteiger partial charge in [0.15, 0.2) is 11.5 Å². The van der Waals surface area contributed by atoms with E-state index in [4.69, 9.17) is 24.7 Å². The first-order valence-electron chi connectivity index (χ1n) is 5.79. The van der Waals surface area contributed by atoms with E-state index >= 15 is 0 Å². The molecule has 1 aromatic rings. The van der Waals surface area contributed by atoms with E-state index in [2.05, 4.69) is 0 Å². The lowest BCUT2D eigenvalue weighted by Crippen LogP contribution is -2.52. The zero-order valence-corrected chi connectivity index (χ0v) is 11.0. The van der Waals surface area contributed by atoms with Crippen LogP contribution in [0.3, 0.4) is 0 Å². The Bertz CT molecular complexity index is 424. The van der Waals surface area contributed by atoms with Crippen molar-refractivity contribution in [3.63, 3.8) is 0 Å². The molecule has 0 unspecified atom stereocenters. The fourth-order valence-electron chi connectivity index (χ4n) is 2.18. The lowest BCUT2D eigenvalue weighted by Gasteiger charge is -2.41. The minimum atomic E-state index is -0.176. The Labute approximate surface area is 107 Å². The molecule has 1 aromatic carbocycles. The molecule has 0 aromatic heterocycles. The van der Waals surface area contributed by atoms with Crippen molar-refractivity contribution in [3.05, 3.63) is 17.7 Å². The van der Waals surface area contributed by atoms with E-state index < -0.39 is 0 Å². The second kappa shape index (κ2) is 5.04. The molecule has 2 N–H and O–H groups in total. The van der Waals surface area contributed by atoms with Crippen LogP contribution in [0.1, 0.15) is 5.56 Å². The van der Waals surface area contributed by atoms with Gasteiger partial charge in [0.05, 0.1) is 40.0 Å². The monoisotopic (exact) mass is 253 g/mol. The Kier molecular flexibility index (Phi) is 3.63. The molecule has 0 aliphatic carbocycles. The predicted molar refractivity (Wildman–Crippen MR) is 67.6 cm³/mol. The van der Waals surface area contributed by atoms with Crippen molar-refractivity contribution in [1.29, 1.82) is 0 Å². The molecule has 0 radical (unpaired) electrons. The van der Waals surface area contributed by atoms with Gasteiger partial charge in [-0.2, -0.15) is 0 Å². The van der Waals surface area contributed by atoms with Gasteiger partial charge in [0, 0.05) is 18.2 Å². The standard InChI is InChI=1S/C13H19NO4/c1-15-10-5-12(17-3)11(16-2)4-9(10)13(6-14)7-18-8-13/h4-5H,6-8,14H2,1-3H3. The van der Waals surface area contributed by atoms with E-state index in [0.717, 1.165) is 11.3 Å². The Morgan fingerprint density at radius 2 is 1.61 bits per heavy atom. The Morgan fingerprint density at radius 1 is 1.06 bits per heavy atom. The first kappa shape index (κ1) is 13.0. The van der Waals surface area contributed by atoms with Crippen molar-refractivity contribution in [2.24, 2.45) is 5.73 Å². The van der Waals surface area contributed by atoms with Gasteiger partial charge in [-0.05, 0) is 6.07 Å². The normalized spacial score (nSPS) is 16.9. The maximum Gasteiger partial charge on any atom is 0.164 e. The third kappa shape index (κ3) is 1.89. The quantitative estimate of drug-likeness (QED) is 0.846. The van der Waals surface area contributed by atoms with Crippen LogP contribution in [0.15, 0.2) is 12.1 Å². The molecule has 0 spiro atoms. The zero-order chi connectivity index (χ0) is 13.2. The first-order chi connectivity index (χ1) is 8.70. The highest BCUT2D eigenvalue weighted by Crippen LogP contribution is 2.43. The molecule has 100 valence electrons. The molecular formula is C13H19NO4. The van der Waals surface area contributed by atoms with Crippen molar-refractivity contribution in [1.82, 2.24) is 0 Å². The van der Waals surface area contributed by atoms with Gasteiger partial charge < -0.3 is 24.7 Å². The molecule has 0 atom stereocenters. The highest BCUT2D eigenvalue weighted by atomic mass is 16.5. The summed E-state index contributed by atoms with van der Waals surface area (Å²) in [6.07, 6.45) is 0. The van der Waals surface area contributed by atoms with Crippen LogP contribution in [-0.4, -0.2) is 41.1 Å². The number of ether oxygens (including phenoxy) is 4. The van der Waals surface area contributed by atoms with Gasteiger partial charge in [-0.1, -0.05) is 0 Å². The summed E-state index contributed by atoms with van der Waals surface area (Å²) in [5.74, 6) is 2.07. The number of benzene rings is 1. The minimum Gasteiger partial charge on any atom is -0.496 e. The average molecular weight is 253 g/mol. The van der Waals surface area contributed by atoms with Crippen molar-refractivity contribution in [3.8, 4) is 17.2 Å². The number of methoxy groups -OCH3 is 3. The first-order valence-corrected chi connectivity index (χ1v) is 5.79. The number of rotatable bonds is 5. The van der Waals surface area contributed by atoms with Crippen LogP contribution < -0.4 is 19.9 Å². The molecule has 2 rings (SSSR count). The van der Waals surface area contributed by atoms with Crippen LogP contribution >= 0.6 is 0 Å². The zero-order valence-electron chi connectivity index (χ0n) is 11.0. The molecule has 5 nitrogen and oxygen atoms in total. The summed E-state index contributed by atoms with van der Waals surface area (Å²) in [7, 11) is 4.84. The van der Waals surface area contributed by atoms with E-state index in [1.807, 2.05) is 12.1 Å². The van der Waals surface area contributed by atoms with E-state index in [9.17, 15) is 0 Å². The van der Waals surface area contributed by atoms with Crippen molar-refractivity contribution in [2.45, 2.75) is 5.41 Å². The Balaban J connectivity index is 2.51. The third-order valence-electron chi connectivity index (χ3n) is 3.42. The Hall–Kier alpha value is -1.46. The highest BCUT2D eigenvalue weighted by molar-refractivity contribution is 5.54. The maximum atomic E-state index is 5.88. The molecule has 1 fully saturated rings. The lowest BCUT2D eigenvalue weighted by molar-refractivity contribution is -0.0560. The van der Waals surface area contributed by atoms with E-state index in [1.165, 1.54) is 0 Å². The molecule has 0 saturated carbocycles. The minimum absolute atomic E-state index is 0.176. The molecule has 1 aliphatic heterocycles. The van der Waals surface area contributed by atoms with Gasteiger partial charge >= 0.3 is 0 Å². The number of hydrogen-bond acceptors (Lipinski definition) is 5. The molecule has 0 amide bonds. The van der Waals surface area contributed by atoms with E-state index in [-0.39, 0.29) is 5.41 Å². The SMILES string of the molecule is COc1cc(OC)c(C2(CN)COC2)cc1OC. The topological polar surface area (TPSA) is 62.9 Å².